The van der Waals surface area contributed by atoms with Gasteiger partial charge in [-0.05, 0) is 39.8 Å². The fraction of sp³-hybridized carbons (Fsp3) is 0.133. The van der Waals surface area contributed by atoms with E-state index in [1.54, 1.807) is 0 Å². The molecule has 0 radical (unpaired) electrons. The van der Waals surface area contributed by atoms with E-state index < -0.39 is 6.10 Å². The monoisotopic (exact) mass is 400 g/mol. The van der Waals surface area contributed by atoms with Crippen molar-refractivity contribution in [1.29, 1.82) is 0 Å². The van der Waals surface area contributed by atoms with Crippen molar-refractivity contribution in [2.75, 3.05) is 0 Å². The largest absolute Gasteiger partial charge is 0.387 e. The maximum absolute atomic E-state index is 12.1. The molecule has 2 aliphatic carbocycles. The Bertz CT molecular complexity index is 1250. The second kappa shape index (κ2) is 6.80. The van der Waals surface area contributed by atoms with Crippen LogP contribution in [0.1, 0.15) is 28.7 Å². The summed E-state index contributed by atoms with van der Waals surface area (Å²) in [6.45, 7) is 0. The molecular formula is C30H24O. The number of aliphatic hydroxyl groups is 1. The van der Waals surface area contributed by atoms with Crippen LogP contribution in [0.5, 0.6) is 0 Å². The fourth-order valence-corrected chi connectivity index (χ4v) is 6.02. The molecule has 1 nitrogen and oxygen atoms in total. The van der Waals surface area contributed by atoms with Gasteiger partial charge in [0.2, 0.25) is 0 Å². The number of rotatable bonds is 4. The number of hydrogen-bond donors (Lipinski definition) is 1. The Hall–Kier alpha value is -3.42. The molecule has 0 aliphatic heterocycles. The molecule has 0 saturated heterocycles. The lowest BCUT2D eigenvalue weighted by atomic mass is 9.78. The highest BCUT2D eigenvalue weighted by Crippen LogP contribution is 2.78. The highest BCUT2D eigenvalue weighted by molar-refractivity contribution is 6.06. The summed E-state index contributed by atoms with van der Waals surface area (Å²) < 4.78 is 0. The molecule has 0 aromatic heterocycles. The van der Waals surface area contributed by atoms with Crippen molar-refractivity contribution >= 4 is 11.1 Å². The van der Waals surface area contributed by atoms with Gasteiger partial charge in [-0.25, -0.2) is 0 Å². The molecule has 4 aromatic carbocycles. The molecule has 0 heterocycles. The maximum Gasteiger partial charge on any atom is 0.0907 e. The number of fused-ring (bicyclic) bond motifs is 1. The molecule has 1 fully saturated rings. The van der Waals surface area contributed by atoms with E-state index >= 15 is 0 Å². The zero-order valence-electron chi connectivity index (χ0n) is 17.3. The minimum absolute atomic E-state index is 0.248. The molecule has 4 aromatic rings. The van der Waals surface area contributed by atoms with Crippen LogP contribution in [0.2, 0.25) is 0 Å². The van der Waals surface area contributed by atoms with E-state index in [1.165, 1.54) is 22.3 Å². The lowest BCUT2D eigenvalue weighted by Gasteiger charge is -2.25. The van der Waals surface area contributed by atoms with Crippen molar-refractivity contribution in [1.82, 2.24) is 0 Å². The quantitative estimate of drug-likeness (QED) is 0.429. The predicted octanol–water partition coefficient (Wildman–Crippen LogP) is 6.25. The van der Waals surface area contributed by atoms with Crippen molar-refractivity contribution in [2.24, 2.45) is 0 Å². The van der Waals surface area contributed by atoms with Crippen LogP contribution in [0.25, 0.3) is 11.1 Å². The van der Waals surface area contributed by atoms with Crippen LogP contribution >= 0.6 is 0 Å². The summed E-state index contributed by atoms with van der Waals surface area (Å²) in [6, 6.07) is 42.4. The number of benzene rings is 4. The van der Waals surface area contributed by atoms with Gasteiger partial charge < -0.3 is 5.11 Å². The van der Waals surface area contributed by atoms with Gasteiger partial charge in [0, 0.05) is 10.8 Å². The molecule has 2 aliphatic rings. The fourth-order valence-electron chi connectivity index (χ4n) is 6.02. The molecule has 0 amide bonds. The van der Waals surface area contributed by atoms with Crippen LogP contribution in [0.3, 0.4) is 0 Å². The Morgan fingerprint density at radius 3 is 1.55 bits per heavy atom. The van der Waals surface area contributed by atoms with E-state index in [4.69, 9.17) is 0 Å². The molecule has 0 spiro atoms. The first-order valence-corrected chi connectivity index (χ1v) is 10.9. The topological polar surface area (TPSA) is 20.2 Å². The summed E-state index contributed by atoms with van der Waals surface area (Å²) in [5.74, 6) is 0. The molecule has 0 bridgehead atoms. The van der Waals surface area contributed by atoms with E-state index in [9.17, 15) is 5.11 Å². The average molecular weight is 401 g/mol. The van der Waals surface area contributed by atoms with Gasteiger partial charge in [-0.15, -0.1) is 0 Å². The van der Waals surface area contributed by atoms with Crippen molar-refractivity contribution in [3.63, 3.8) is 0 Å². The molecule has 6 rings (SSSR count). The standard InChI is InChI=1S/C30H24O/c31-28-26(22-13-5-1-6-14-22)27(23-15-7-2-8-16-23)29(24-17-9-3-10-18-24)21-30(28,29)25-19-11-4-12-20-25/h1-20,28,31H,21H2/t28-,29+,30-/m0/s1. The normalized spacial score (nSPS) is 26.5. The Kier molecular flexibility index (Phi) is 4.03. The van der Waals surface area contributed by atoms with Crippen LogP contribution in [0.4, 0.5) is 0 Å². The van der Waals surface area contributed by atoms with Crippen LogP contribution in [0.15, 0.2) is 121 Å². The smallest absolute Gasteiger partial charge is 0.0907 e. The summed E-state index contributed by atoms with van der Waals surface area (Å²) in [7, 11) is 0. The van der Waals surface area contributed by atoms with E-state index in [0.29, 0.717) is 0 Å². The van der Waals surface area contributed by atoms with Crippen molar-refractivity contribution < 1.29 is 5.11 Å². The first-order valence-electron chi connectivity index (χ1n) is 10.9. The summed E-state index contributed by atoms with van der Waals surface area (Å²) in [4.78, 5) is 0. The molecule has 3 atom stereocenters. The van der Waals surface area contributed by atoms with E-state index in [1.807, 2.05) is 6.07 Å². The molecule has 150 valence electrons. The third-order valence-electron chi connectivity index (χ3n) is 7.32. The average Bonchev–Trinajstić information content (AvgIpc) is 3.51. The lowest BCUT2D eigenvalue weighted by molar-refractivity contribution is 0.187. The summed E-state index contributed by atoms with van der Waals surface area (Å²) in [5.41, 5.74) is 6.51. The van der Waals surface area contributed by atoms with Crippen LogP contribution in [-0.4, -0.2) is 11.2 Å². The number of allylic oxidation sites excluding steroid dienone is 1. The highest BCUT2D eigenvalue weighted by atomic mass is 16.3. The van der Waals surface area contributed by atoms with Gasteiger partial charge in [0.25, 0.3) is 0 Å². The van der Waals surface area contributed by atoms with Crippen molar-refractivity contribution in [2.45, 2.75) is 23.4 Å². The van der Waals surface area contributed by atoms with E-state index in [-0.39, 0.29) is 10.8 Å². The first-order chi connectivity index (χ1) is 15.3. The highest BCUT2D eigenvalue weighted by Gasteiger charge is 2.78. The molecular weight excluding hydrogens is 376 g/mol. The maximum atomic E-state index is 12.1. The molecule has 1 saturated carbocycles. The van der Waals surface area contributed by atoms with Gasteiger partial charge in [0.15, 0.2) is 0 Å². The lowest BCUT2D eigenvalue weighted by Crippen LogP contribution is -2.29. The number of aliphatic hydroxyl groups excluding tert-OH is 1. The minimum Gasteiger partial charge on any atom is -0.387 e. The Morgan fingerprint density at radius 1 is 0.548 bits per heavy atom. The summed E-state index contributed by atoms with van der Waals surface area (Å²) in [6.07, 6.45) is 0.336. The third-order valence-corrected chi connectivity index (χ3v) is 7.32. The van der Waals surface area contributed by atoms with Gasteiger partial charge in [-0.3, -0.25) is 0 Å². The zero-order chi connectivity index (χ0) is 20.9. The van der Waals surface area contributed by atoms with Crippen LogP contribution < -0.4 is 0 Å². The van der Waals surface area contributed by atoms with Crippen LogP contribution in [0, 0.1) is 0 Å². The molecule has 1 heteroatoms. The summed E-state index contributed by atoms with van der Waals surface area (Å²) >= 11 is 0. The molecule has 0 unspecified atom stereocenters. The second-order valence-corrected chi connectivity index (χ2v) is 8.71. The van der Waals surface area contributed by atoms with Gasteiger partial charge in [-0.1, -0.05) is 121 Å². The van der Waals surface area contributed by atoms with E-state index in [0.717, 1.165) is 17.6 Å². The van der Waals surface area contributed by atoms with Gasteiger partial charge in [0.05, 0.1) is 6.10 Å². The van der Waals surface area contributed by atoms with Crippen LogP contribution in [-0.2, 0) is 10.8 Å². The van der Waals surface area contributed by atoms with Crippen molar-refractivity contribution in [3.8, 4) is 0 Å². The third kappa shape index (κ3) is 2.41. The zero-order valence-corrected chi connectivity index (χ0v) is 17.3. The van der Waals surface area contributed by atoms with Gasteiger partial charge >= 0.3 is 0 Å². The van der Waals surface area contributed by atoms with E-state index in [2.05, 4.69) is 115 Å². The van der Waals surface area contributed by atoms with Gasteiger partial charge in [-0.2, -0.15) is 0 Å². The second-order valence-electron chi connectivity index (χ2n) is 8.71. The van der Waals surface area contributed by atoms with Gasteiger partial charge in [0.1, 0.15) is 0 Å². The summed E-state index contributed by atoms with van der Waals surface area (Å²) in [5, 5.41) is 12.1. The van der Waals surface area contributed by atoms with Crippen molar-refractivity contribution in [3.05, 3.63) is 144 Å². The SMILES string of the molecule is O[C@H]1C(c2ccccc2)=C(c2ccccc2)[C@]2(c3ccccc3)C[C@]12c1ccccc1. The predicted molar refractivity (Wildman–Crippen MR) is 127 cm³/mol. The Balaban J connectivity index is 1.70. The minimum atomic E-state index is -0.576. The first kappa shape index (κ1) is 18.4. The number of hydrogen-bond acceptors (Lipinski definition) is 1. The Labute approximate surface area is 183 Å². The molecule has 1 N–H and O–H groups in total. The molecule has 31 heavy (non-hydrogen) atoms. The Morgan fingerprint density at radius 2 is 1.00 bits per heavy atom.